The summed E-state index contributed by atoms with van der Waals surface area (Å²) < 4.78 is 25.4. The van der Waals surface area contributed by atoms with Gasteiger partial charge >= 0.3 is 0 Å². The maximum atomic E-state index is 14.4. The van der Waals surface area contributed by atoms with Gasteiger partial charge in [-0.1, -0.05) is 56.5 Å². The molecule has 0 fully saturated rings. The van der Waals surface area contributed by atoms with Gasteiger partial charge in [0.1, 0.15) is 17.4 Å². The molecule has 1 aliphatic heterocycles. The fourth-order valence-electron chi connectivity index (χ4n) is 5.36. The molecule has 0 bridgehead atoms. The number of hydrogen-bond acceptors (Lipinski definition) is 5. The van der Waals surface area contributed by atoms with Crippen molar-refractivity contribution in [3.8, 4) is 18.1 Å². The van der Waals surface area contributed by atoms with Gasteiger partial charge in [-0.3, -0.25) is 14.4 Å². The largest absolute Gasteiger partial charge is 0.476 e. The summed E-state index contributed by atoms with van der Waals surface area (Å²) in [6, 6.07) is 8.48. The van der Waals surface area contributed by atoms with Crippen molar-refractivity contribution >= 4 is 52.3 Å². The lowest BCUT2D eigenvalue weighted by Crippen LogP contribution is -2.36. The van der Waals surface area contributed by atoms with Gasteiger partial charge in [-0.25, -0.2) is 9.29 Å². The average molecular weight is 660 g/mol. The molecule has 7 nitrogen and oxygen atoms in total. The third-order valence-electron chi connectivity index (χ3n) is 7.63. The lowest BCUT2D eigenvalue weighted by Gasteiger charge is -2.27. The van der Waals surface area contributed by atoms with E-state index in [1.807, 2.05) is 0 Å². The summed E-state index contributed by atoms with van der Waals surface area (Å²) in [6.45, 7) is 9.73. The number of carbonyl (C=O) groups excluding carboxylic acids is 3. The normalized spacial score (nSPS) is 14.8. The maximum absolute atomic E-state index is 14.4. The van der Waals surface area contributed by atoms with Gasteiger partial charge in [-0.2, -0.15) is 0 Å². The Bertz CT molecular complexity index is 1420. The van der Waals surface area contributed by atoms with E-state index >= 15 is 0 Å². The molecule has 0 saturated carbocycles. The molecule has 242 valence electrons. The SMILES string of the molecule is C#CC(C)Oc1cc(N2C(=O)C3=C(CCCC3)C2=O)c(F)cc1Cl.CCCOCCN(C(=O)CCl)c1c(CC)cccc1CC. The Balaban J connectivity index is 0.000000248. The predicted octanol–water partition coefficient (Wildman–Crippen LogP) is 7.43. The summed E-state index contributed by atoms with van der Waals surface area (Å²) in [6.07, 6.45) is 10.2. The average Bonchev–Trinajstić information content (AvgIpc) is 3.31. The fourth-order valence-corrected chi connectivity index (χ4v) is 5.70. The van der Waals surface area contributed by atoms with Crippen molar-refractivity contribution in [2.75, 3.05) is 35.4 Å². The van der Waals surface area contributed by atoms with E-state index in [1.54, 1.807) is 11.8 Å². The Kier molecular flexibility index (Phi) is 13.9. The first-order valence-electron chi connectivity index (χ1n) is 15.4. The van der Waals surface area contributed by atoms with Crippen LogP contribution in [-0.4, -0.2) is 49.5 Å². The van der Waals surface area contributed by atoms with Crippen molar-refractivity contribution < 1.29 is 28.2 Å². The predicted molar refractivity (Wildman–Crippen MR) is 178 cm³/mol. The highest BCUT2D eigenvalue weighted by Gasteiger charge is 2.41. The van der Waals surface area contributed by atoms with Gasteiger partial charge in [0.15, 0.2) is 6.10 Å². The van der Waals surface area contributed by atoms with Crippen molar-refractivity contribution in [3.05, 3.63) is 63.4 Å². The molecule has 0 aromatic heterocycles. The summed E-state index contributed by atoms with van der Waals surface area (Å²) in [7, 11) is 0. The Morgan fingerprint density at radius 1 is 1.07 bits per heavy atom. The van der Waals surface area contributed by atoms with E-state index in [0.29, 0.717) is 37.1 Å². The van der Waals surface area contributed by atoms with Crippen LogP contribution >= 0.6 is 23.2 Å². The number of rotatable bonds is 12. The van der Waals surface area contributed by atoms with E-state index < -0.39 is 23.7 Å². The molecule has 0 spiro atoms. The molecule has 3 amide bonds. The van der Waals surface area contributed by atoms with Gasteiger partial charge in [0, 0.05) is 30.4 Å². The molecule has 1 atom stereocenters. The highest BCUT2D eigenvalue weighted by atomic mass is 35.5. The number of aryl methyl sites for hydroxylation is 2. The highest BCUT2D eigenvalue weighted by Crippen LogP contribution is 2.39. The minimum Gasteiger partial charge on any atom is -0.476 e. The lowest BCUT2D eigenvalue weighted by molar-refractivity contribution is -0.121. The molecule has 10 heteroatoms. The number of hydrogen-bond donors (Lipinski definition) is 0. The monoisotopic (exact) mass is 658 g/mol. The number of anilines is 2. The molecule has 45 heavy (non-hydrogen) atoms. The van der Waals surface area contributed by atoms with E-state index in [2.05, 4.69) is 44.9 Å². The number of para-hydroxylation sites is 1. The minimum absolute atomic E-state index is 0.00498. The summed E-state index contributed by atoms with van der Waals surface area (Å²) in [5.74, 6) is 0.740. The summed E-state index contributed by atoms with van der Waals surface area (Å²) in [5.41, 5.74) is 4.20. The second-order valence-corrected chi connectivity index (χ2v) is 11.4. The quantitative estimate of drug-likeness (QED) is 0.103. The first-order chi connectivity index (χ1) is 21.6. The Hall–Kier alpha value is -3.38. The molecule has 4 rings (SSSR count). The van der Waals surface area contributed by atoms with Gasteiger partial charge in [-0.05, 0) is 69.1 Å². The zero-order chi connectivity index (χ0) is 33.1. The third kappa shape index (κ3) is 8.66. The van der Waals surface area contributed by atoms with Crippen LogP contribution in [0.5, 0.6) is 5.75 Å². The summed E-state index contributed by atoms with van der Waals surface area (Å²) in [4.78, 5) is 40.0. The third-order valence-corrected chi connectivity index (χ3v) is 8.15. The molecule has 0 radical (unpaired) electrons. The topological polar surface area (TPSA) is 76.2 Å². The van der Waals surface area contributed by atoms with Gasteiger partial charge in [0.05, 0.1) is 23.0 Å². The maximum Gasteiger partial charge on any atom is 0.261 e. The zero-order valence-electron chi connectivity index (χ0n) is 26.4. The molecule has 2 aromatic carbocycles. The molecule has 0 N–H and O–H groups in total. The number of halogens is 3. The van der Waals surface area contributed by atoms with Crippen LogP contribution in [0.2, 0.25) is 5.02 Å². The first kappa shape index (κ1) is 36.1. The Morgan fingerprint density at radius 3 is 2.18 bits per heavy atom. The fraction of sp³-hybridized carbons (Fsp3) is 0.457. The molecule has 1 aliphatic carbocycles. The zero-order valence-corrected chi connectivity index (χ0v) is 27.9. The molecular weight excluding hydrogens is 618 g/mol. The molecule has 1 unspecified atom stereocenters. The number of nitrogens with zero attached hydrogens (tertiary/aromatic N) is 2. The van der Waals surface area contributed by atoms with Gasteiger partial charge in [0.2, 0.25) is 5.91 Å². The second-order valence-electron chi connectivity index (χ2n) is 10.7. The van der Waals surface area contributed by atoms with Crippen LogP contribution in [-0.2, 0) is 32.0 Å². The number of amides is 3. The number of ether oxygens (including phenoxy) is 2. The van der Waals surface area contributed by atoms with Gasteiger partial charge in [0.25, 0.3) is 11.8 Å². The van der Waals surface area contributed by atoms with Gasteiger partial charge < -0.3 is 14.4 Å². The van der Waals surface area contributed by atoms with Crippen molar-refractivity contribution in [3.63, 3.8) is 0 Å². The highest BCUT2D eigenvalue weighted by molar-refractivity contribution is 6.34. The van der Waals surface area contributed by atoms with Crippen LogP contribution in [0.15, 0.2) is 41.5 Å². The van der Waals surface area contributed by atoms with Crippen LogP contribution in [0.1, 0.15) is 70.9 Å². The standard InChI is InChI=1S/C18H15ClFNO3.C17H26ClNO2/c1-3-10(2)24-16-9-15(14(20)8-13(16)19)21-17(22)11-6-4-5-7-12(11)18(21)23;1-4-11-21-12-10-19(16(20)13-18)17-14(5-2)8-7-9-15(17)6-3/h1,8-10H,4-7H2,2H3;7-9H,4-6,10-13H2,1-3H3. The van der Waals surface area contributed by atoms with Crippen LogP contribution < -0.4 is 14.5 Å². The Labute approximate surface area is 275 Å². The van der Waals surface area contributed by atoms with Crippen LogP contribution in [0.3, 0.4) is 0 Å². The van der Waals surface area contributed by atoms with Crippen LogP contribution in [0.4, 0.5) is 15.8 Å². The molecular formula is C35H41Cl2FN2O5. The summed E-state index contributed by atoms with van der Waals surface area (Å²) in [5, 5.41) is 0.0233. The van der Waals surface area contributed by atoms with E-state index in [4.69, 9.17) is 39.1 Å². The number of alkyl halides is 1. The molecule has 2 aliphatic rings. The smallest absolute Gasteiger partial charge is 0.261 e. The number of benzene rings is 2. The van der Waals surface area contributed by atoms with Crippen LogP contribution in [0.25, 0.3) is 0 Å². The molecule has 2 aromatic rings. The number of imide groups is 1. The lowest BCUT2D eigenvalue weighted by atomic mass is 9.93. The van der Waals surface area contributed by atoms with Crippen molar-refractivity contribution in [1.29, 1.82) is 0 Å². The van der Waals surface area contributed by atoms with E-state index in [9.17, 15) is 18.8 Å². The Morgan fingerprint density at radius 2 is 1.67 bits per heavy atom. The van der Waals surface area contributed by atoms with Crippen molar-refractivity contribution in [2.45, 2.75) is 78.7 Å². The van der Waals surface area contributed by atoms with Crippen molar-refractivity contribution in [1.82, 2.24) is 0 Å². The number of carbonyl (C=O) groups is 3. The number of terminal acetylenes is 1. The van der Waals surface area contributed by atoms with Gasteiger partial charge in [-0.15, -0.1) is 18.0 Å². The summed E-state index contributed by atoms with van der Waals surface area (Å²) >= 11 is 11.8. The second kappa shape index (κ2) is 17.4. The first-order valence-corrected chi connectivity index (χ1v) is 16.3. The minimum atomic E-state index is -0.762. The molecule has 0 saturated heterocycles. The molecule has 1 heterocycles. The van der Waals surface area contributed by atoms with Crippen LogP contribution in [0, 0.1) is 18.2 Å². The van der Waals surface area contributed by atoms with E-state index in [-0.39, 0.29) is 28.2 Å². The van der Waals surface area contributed by atoms with E-state index in [0.717, 1.165) is 55.4 Å². The van der Waals surface area contributed by atoms with Crippen molar-refractivity contribution in [2.24, 2.45) is 0 Å². The van der Waals surface area contributed by atoms with E-state index in [1.165, 1.54) is 17.2 Å².